The zero-order chi connectivity index (χ0) is 18.3. The fourth-order valence-corrected chi connectivity index (χ4v) is 2.69. The normalized spacial score (nSPS) is 10.8. The van der Waals surface area contributed by atoms with Crippen molar-refractivity contribution >= 4 is 39.8 Å². The van der Waals surface area contributed by atoms with E-state index in [4.69, 9.17) is 11.6 Å². The molecule has 2 aromatic carbocycles. The highest BCUT2D eigenvalue weighted by Crippen LogP contribution is 2.27. The summed E-state index contributed by atoms with van der Waals surface area (Å²) in [7, 11) is 0. The molecule has 25 heavy (non-hydrogen) atoms. The molecule has 1 aromatic heterocycles. The van der Waals surface area contributed by atoms with Crippen molar-refractivity contribution in [3.63, 3.8) is 0 Å². The van der Waals surface area contributed by atoms with Gasteiger partial charge in [-0.05, 0) is 19.1 Å². The first kappa shape index (κ1) is 16.5. The maximum atomic E-state index is 12.7. The Kier molecular flexibility index (Phi) is 3.93. The van der Waals surface area contributed by atoms with Gasteiger partial charge >= 0.3 is 0 Å². The smallest absolute Gasteiger partial charge is 0.267 e. The van der Waals surface area contributed by atoms with Gasteiger partial charge in [-0.2, -0.15) is 9.78 Å². The van der Waals surface area contributed by atoms with E-state index in [-0.39, 0.29) is 27.5 Å². The lowest BCUT2D eigenvalue weighted by atomic mass is 10.1. The third-order valence-electron chi connectivity index (χ3n) is 3.65. The van der Waals surface area contributed by atoms with Crippen molar-refractivity contribution in [3.05, 3.63) is 72.9 Å². The lowest BCUT2D eigenvalue weighted by Crippen LogP contribution is -2.14. The molecule has 0 spiro atoms. The fraction of sp³-hybridized carbons (Fsp3) is 0.0667. The third-order valence-corrected chi connectivity index (χ3v) is 3.96. The Morgan fingerprint density at radius 3 is 2.28 bits per heavy atom. The molecule has 0 saturated carbocycles. The molecule has 3 rings (SSSR count). The van der Waals surface area contributed by atoms with Crippen molar-refractivity contribution in [2.75, 3.05) is 0 Å². The summed E-state index contributed by atoms with van der Waals surface area (Å²) >= 11 is 5.98. The molecule has 0 aliphatic rings. The van der Waals surface area contributed by atoms with E-state index in [9.17, 15) is 25.0 Å². The SMILES string of the molecule is Cc1nn(C(=O)c2ccc([N+](=O)[O-])cc2Cl)c2cc([N+](=O)[O-])ccc12. The summed E-state index contributed by atoms with van der Waals surface area (Å²) in [6.07, 6.45) is 0. The number of carbonyl (C=O) groups is 1. The van der Waals surface area contributed by atoms with Crippen molar-refractivity contribution in [1.82, 2.24) is 9.78 Å². The summed E-state index contributed by atoms with van der Waals surface area (Å²) in [4.78, 5) is 33.3. The van der Waals surface area contributed by atoms with Gasteiger partial charge in [0.1, 0.15) is 0 Å². The largest absolute Gasteiger partial charge is 0.280 e. The molecule has 0 bridgehead atoms. The van der Waals surface area contributed by atoms with E-state index in [1.807, 2.05) is 0 Å². The van der Waals surface area contributed by atoms with Crippen molar-refractivity contribution in [2.24, 2.45) is 0 Å². The van der Waals surface area contributed by atoms with Gasteiger partial charge in [-0.3, -0.25) is 25.0 Å². The monoisotopic (exact) mass is 360 g/mol. The summed E-state index contributed by atoms with van der Waals surface area (Å²) in [6.45, 7) is 1.66. The van der Waals surface area contributed by atoms with Gasteiger partial charge in [0.25, 0.3) is 17.3 Å². The predicted molar refractivity (Wildman–Crippen MR) is 89.0 cm³/mol. The number of nitro groups is 2. The summed E-state index contributed by atoms with van der Waals surface area (Å²) in [5.74, 6) is -0.640. The number of nitro benzene ring substituents is 2. The van der Waals surface area contributed by atoms with Gasteiger partial charge in [0.05, 0.1) is 31.6 Å². The van der Waals surface area contributed by atoms with E-state index in [0.717, 1.165) is 16.8 Å². The molecular formula is C15H9ClN4O5. The van der Waals surface area contributed by atoms with Gasteiger partial charge < -0.3 is 0 Å². The Hall–Kier alpha value is -3.33. The maximum Gasteiger partial charge on any atom is 0.280 e. The van der Waals surface area contributed by atoms with Crippen LogP contribution in [0.15, 0.2) is 36.4 Å². The number of halogens is 1. The Labute approximate surface area is 144 Å². The Morgan fingerprint density at radius 1 is 1.08 bits per heavy atom. The summed E-state index contributed by atoms with van der Waals surface area (Å²) < 4.78 is 1.00. The standard InChI is InChI=1S/C15H9ClN4O5/c1-8-11-4-2-10(20(24)25)7-14(11)18(17-8)15(21)12-5-3-9(19(22)23)6-13(12)16/h2-7H,1H3. The van der Waals surface area contributed by atoms with Gasteiger partial charge in [-0.1, -0.05) is 11.6 Å². The molecule has 0 unspecified atom stereocenters. The molecule has 0 N–H and O–H groups in total. The van der Waals surface area contributed by atoms with Gasteiger partial charge in [-0.25, -0.2) is 0 Å². The Bertz CT molecular complexity index is 1060. The van der Waals surface area contributed by atoms with Crippen LogP contribution in [0.3, 0.4) is 0 Å². The average molecular weight is 361 g/mol. The quantitative estimate of drug-likeness (QED) is 0.520. The van der Waals surface area contributed by atoms with E-state index in [1.165, 1.54) is 24.3 Å². The van der Waals surface area contributed by atoms with Crippen LogP contribution in [0, 0.1) is 27.2 Å². The van der Waals surface area contributed by atoms with Crippen LogP contribution in [0.1, 0.15) is 16.1 Å². The molecule has 0 atom stereocenters. The van der Waals surface area contributed by atoms with Crippen LogP contribution >= 0.6 is 11.6 Å². The highest BCUT2D eigenvalue weighted by Gasteiger charge is 2.21. The zero-order valence-electron chi connectivity index (χ0n) is 12.7. The van der Waals surface area contributed by atoms with Gasteiger partial charge in [-0.15, -0.1) is 0 Å². The first-order valence-corrected chi connectivity index (χ1v) is 7.30. The van der Waals surface area contributed by atoms with Crippen LogP contribution in [0.4, 0.5) is 11.4 Å². The minimum atomic E-state index is -0.640. The number of aryl methyl sites for hydroxylation is 1. The van der Waals surface area contributed by atoms with Crippen molar-refractivity contribution in [3.8, 4) is 0 Å². The molecule has 0 amide bonds. The lowest BCUT2D eigenvalue weighted by molar-refractivity contribution is -0.385. The molecule has 0 fully saturated rings. The lowest BCUT2D eigenvalue weighted by Gasteiger charge is -2.05. The minimum Gasteiger partial charge on any atom is -0.267 e. The van der Waals surface area contributed by atoms with Crippen molar-refractivity contribution in [2.45, 2.75) is 6.92 Å². The Morgan fingerprint density at radius 2 is 1.68 bits per heavy atom. The molecule has 9 nitrogen and oxygen atoms in total. The van der Waals surface area contributed by atoms with Gasteiger partial charge in [0, 0.05) is 29.7 Å². The number of nitrogens with zero attached hydrogens (tertiary/aromatic N) is 4. The second kappa shape index (κ2) is 5.95. The second-order valence-electron chi connectivity index (χ2n) is 5.18. The van der Waals surface area contributed by atoms with Crippen LogP contribution < -0.4 is 0 Å². The molecule has 0 radical (unpaired) electrons. The molecule has 1 heterocycles. The number of hydrogen-bond acceptors (Lipinski definition) is 6. The summed E-state index contributed by atoms with van der Waals surface area (Å²) in [5, 5.41) is 26.3. The van der Waals surface area contributed by atoms with E-state index in [0.29, 0.717) is 11.1 Å². The Balaban J connectivity index is 2.16. The molecular weight excluding hydrogens is 352 g/mol. The average Bonchev–Trinajstić information content (AvgIpc) is 2.90. The van der Waals surface area contributed by atoms with E-state index in [2.05, 4.69) is 5.10 Å². The molecule has 10 heteroatoms. The molecule has 0 aliphatic carbocycles. The van der Waals surface area contributed by atoms with Crippen LogP contribution in [-0.4, -0.2) is 25.5 Å². The first-order valence-electron chi connectivity index (χ1n) is 6.92. The molecule has 0 aliphatic heterocycles. The van der Waals surface area contributed by atoms with Crippen LogP contribution in [0.2, 0.25) is 5.02 Å². The number of aromatic nitrogens is 2. The van der Waals surface area contributed by atoms with Gasteiger partial charge in [0.2, 0.25) is 0 Å². The number of benzene rings is 2. The first-order chi connectivity index (χ1) is 11.8. The second-order valence-corrected chi connectivity index (χ2v) is 5.59. The molecule has 0 saturated heterocycles. The number of hydrogen-bond donors (Lipinski definition) is 0. The number of fused-ring (bicyclic) bond motifs is 1. The summed E-state index contributed by atoms with van der Waals surface area (Å²) in [5.41, 5.74) is 0.334. The maximum absolute atomic E-state index is 12.7. The van der Waals surface area contributed by atoms with Crippen LogP contribution in [-0.2, 0) is 0 Å². The van der Waals surface area contributed by atoms with E-state index >= 15 is 0 Å². The minimum absolute atomic E-state index is 0.00294. The van der Waals surface area contributed by atoms with Gasteiger partial charge in [0.15, 0.2) is 0 Å². The molecule has 126 valence electrons. The number of non-ortho nitro benzene ring substituents is 2. The van der Waals surface area contributed by atoms with E-state index in [1.54, 1.807) is 6.92 Å². The summed E-state index contributed by atoms with van der Waals surface area (Å²) in [6, 6.07) is 7.52. The fourth-order valence-electron chi connectivity index (χ4n) is 2.43. The van der Waals surface area contributed by atoms with Crippen molar-refractivity contribution in [1.29, 1.82) is 0 Å². The number of carbonyl (C=O) groups excluding carboxylic acids is 1. The highest BCUT2D eigenvalue weighted by atomic mass is 35.5. The van der Waals surface area contributed by atoms with Crippen LogP contribution in [0.25, 0.3) is 10.9 Å². The molecule has 3 aromatic rings. The third kappa shape index (κ3) is 2.81. The topological polar surface area (TPSA) is 121 Å². The zero-order valence-corrected chi connectivity index (χ0v) is 13.4. The van der Waals surface area contributed by atoms with E-state index < -0.39 is 15.8 Å². The highest BCUT2D eigenvalue weighted by molar-refractivity contribution is 6.34. The van der Waals surface area contributed by atoms with Crippen molar-refractivity contribution < 1.29 is 14.6 Å². The number of rotatable bonds is 3. The van der Waals surface area contributed by atoms with Crippen LogP contribution in [0.5, 0.6) is 0 Å². The predicted octanol–water partition coefficient (Wildman–Crippen LogP) is 3.50.